The number of ether oxygens (including phenoxy) is 1. The SMILES string of the molecule is CC(CCN)C(=O)NC1CCOC1. The van der Waals surface area contributed by atoms with Crippen molar-refractivity contribution in [2.45, 2.75) is 25.8 Å². The Bertz CT molecular complexity index is 167. The van der Waals surface area contributed by atoms with Gasteiger partial charge in [-0.25, -0.2) is 0 Å². The van der Waals surface area contributed by atoms with Gasteiger partial charge in [-0.2, -0.15) is 0 Å². The van der Waals surface area contributed by atoms with Crippen molar-refractivity contribution < 1.29 is 9.53 Å². The predicted molar refractivity (Wildman–Crippen MR) is 50.2 cm³/mol. The second kappa shape index (κ2) is 5.19. The third-order valence-corrected chi connectivity index (χ3v) is 2.32. The Labute approximate surface area is 78.8 Å². The van der Waals surface area contributed by atoms with Crippen LogP contribution in [0.2, 0.25) is 0 Å². The first-order valence-electron chi connectivity index (χ1n) is 4.82. The molecule has 13 heavy (non-hydrogen) atoms. The van der Waals surface area contributed by atoms with Crippen molar-refractivity contribution in [3.63, 3.8) is 0 Å². The highest BCUT2D eigenvalue weighted by Crippen LogP contribution is 2.06. The molecule has 1 aliphatic rings. The molecule has 1 amide bonds. The molecule has 2 atom stereocenters. The number of rotatable bonds is 4. The standard InChI is InChI=1S/C9H18N2O2/c1-7(2-4-10)9(12)11-8-3-5-13-6-8/h7-8H,2-6,10H2,1H3,(H,11,12). The van der Waals surface area contributed by atoms with E-state index in [9.17, 15) is 4.79 Å². The summed E-state index contributed by atoms with van der Waals surface area (Å²) >= 11 is 0. The van der Waals surface area contributed by atoms with Gasteiger partial charge in [0.05, 0.1) is 12.6 Å². The van der Waals surface area contributed by atoms with E-state index >= 15 is 0 Å². The van der Waals surface area contributed by atoms with Crippen molar-refractivity contribution >= 4 is 5.91 Å². The van der Waals surface area contributed by atoms with Gasteiger partial charge in [0.1, 0.15) is 0 Å². The summed E-state index contributed by atoms with van der Waals surface area (Å²) < 4.78 is 5.16. The monoisotopic (exact) mass is 186 g/mol. The number of hydrogen-bond acceptors (Lipinski definition) is 3. The number of nitrogens with one attached hydrogen (secondary N) is 1. The number of hydrogen-bond donors (Lipinski definition) is 2. The predicted octanol–water partition coefficient (Wildman–Crippen LogP) is -0.124. The molecule has 0 aromatic rings. The first kappa shape index (κ1) is 10.5. The minimum Gasteiger partial charge on any atom is -0.379 e. The van der Waals surface area contributed by atoms with E-state index in [-0.39, 0.29) is 17.9 Å². The first-order chi connectivity index (χ1) is 6.24. The molecule has 76 valence electrons. The molecule has 0 aromatic carbocycles. The van der Waals surface area contributed by atoms with Crippen LogP contribution in [0.5, 0.6) is 0 Å². The lowest BCUT2D eigenvalue weighted by Crippen LogP contribution is -2.38. The lowest BCUT2D eigenvalue weighted by molar-refractivity contribution is -0.125. The van der Waals surface area contributed by atoms with Crippen LogP contribution < -0.4 is 11.1 Å². The van der Waals surface area contributed by atoms with Crippen LogP contribution >= 0.6 is 0 Å². The topological polar surface area (TPSA) is 64.4 Å². The second-order valence-corrected chi connectivity index (χ2v) is 3.55. The Kier molecular flexibility index (Phi) is 4.18. The van der Waals surface area contributed by atoms with E-state index in [1.165, 1.54) is 0 Å². The molecule has 4 nitrogen and oxygen atoms in total. The van der Waals surface area contributed by atoms with Crippen LogP contribution in [-0.2, 0) is 9.53 Å². The highest BCUT2D eigenvalue weighted by molar-refractivity contribution is 5.78. The molecule has 1 rings (SSSR count). The Morgan fingerprint density at radius 2 is 2.54 bits per heavy atom. The molecule has 2 unspecified atom stereocenters. The van der Waals surface area contributed by atoms with Crippen LogP contribution in [-0.4, -0.2) is 31.7 Å². The number of carbonyl (C=O) groups excluding carboxylic acids is 1. The lowest BCUT2D eigenvalue weighted by atomic mass is 10.1. The van der Waals surface area contributed by atoms with Gasteiger partial charge in [0.15, 0.2) is 0 Å². The molecule has 0 bridgehead atoms. The first-order valence-corrected chi connectivity index (χ1v) is 4.82. The van der Waals surface area contributed by atoms with Crippen LogP contribution in [0.15, 0.2) is 0 Å². The van der Waals surface area contributed by atoms with Gasteiger partial charge in [-0.1, -0.05) is 6.92 Å². The lowest BCUT2D eigenvalue weighted by Gasteiger charge is -2.14. The Balaban J connectivity index is 2.22. The third-order valence-electron chi connectivity index (χ3n) is 2.32. The van der Waals surface area contributed by atoms with Gasteiger partial charge in [0.2, 0.25) is 5.91 Å². The van der Waals surface area contributed by atoms with Gasteiger partial charge in [-0.05, 0) is 19.4 Å². The Morgan fingerprint density at radius 3 is 3.08 bits per heavy atom. The summed E-state index contributed by atoms with van der Waals surface area (Å²) in [6.07, 6.45) is 1.68. The summed E-state index contributed by atoms with van der Waals surface area (Å²) in [5.74, 6) is 0.117. The molecule has 0 aromatic heterocycles. The largest absolute Gasteiger partial charge is 0.379 e. The zero-order chi connectivity index (χ0) is 9.68. The maximum atomic E-state index is 11.5. The van der Waals surface area contributed by atoms with E-state index < -0.39 is 0 Å². The molecule has 1 saturated heterocycles. The highest BCUT2D eigenvalue weighted by atomic mass is 16.5. The molecule has 4 heteroatoms. The zero-order valence-corrected chi connectivity index (χ0v) is 8.08. The van der Waals surface area contributed by atoms with Crippen molar-refractivity contribution in [3.05, 3.63) is 0 Å². The maximum absolute atomic E-state index is 11.5. The third kappa shape index (κ3) is 3.32. The molecule has 0 spiro atoms. The molecule has 1 fully saturated rings. The van der Waals surface area contributed by atoms with Crippen LogP contribution in [0.4, 0.5) is 0 Å². The molecular weight excluding hydrogens is 168 g/mol. The van der Waals surface area contributed by atoms with Gasteiger partial charge in [0, 0.05) is 12.5 Å². The van der Waals surface area contributed by atoms with Crippen LogP contribution in [0, 0.1) is 5.92 Å². The van der Waals surface area contributed by atoms with Gasteiger partial charge in [-0.3, -0.25) is 4.79 Å². The average Bonchev–Trinajstić information content (AvgIpc) is 2.57. The zero-order valence-electron chi connectivity index (χ0n) is 8.08. The van der Waals surface area contributed by atoms with E-state index in [4.69, 9.17) is 10.5 Å². The van der Waals surface area contributed by atoms with Crippen LogP contribution in [0.1, 0.15) is 19.8 Å². The summed E-state index contributed by atoms with van der Waals surface area (Å²) in [4.78, 5) is 11.5. The summed E-state index contributed by atoms with van der Waals surface area (Å²) in [5.41, 5.74) is 5.37. The van der Waals surface area contributed by atoms with Crippen molar-refractivity contribution in [2.75, 3.05) is 19.8 Å². The molecule has 1 heterocycles. The van der Waals surface area contributed by atoms with Crippen LogP contribution in [0.3, 0.4) is 0 Å². The van der Waals surface area contributed by atoms with E-state index in [1.807, 2.05) is 6.92 Å². The number of nitrogens with two attached hydrogens (primary N) is 1. The van der Waals surface area contributed by atoms with E-state index in [2.05, 4.69) is 5.32 Å². The number of carbonyl (C=O) groups is 1. The van der Waals surface area contributed by atoms with Crippen LogP contribution in [0.25, 0.3) is 0 Å². The molecular formula is C9H18N2O2. The summed E-state index contributed by atoms with van der Waals surface area (Å²) in [7, 11) is 0. The molecule has 0 radical (unpaired) electrons. The van der Waals surface area contributed by atoms with Crippen molar-refractivity contribution in [3.8, 4) is 0 Å². The minimum atomic E-state index is 0.0191. The highest BCUT2D eigenvalue weighted by Gasteiger charge is 2.20. The van der Waals surface area contributed by atoms with Gasteiger partial charge >= 0.3 is 0 Å². The average molecular weight is 186 g/mol. The number of amides is 1. The normalized spacial score (nSPS) is 24.3. The maximum Gasteiger partial charge on any atom is 0.223 e. The molecule has 1 aliphatic heterocycles. The fourth-order valence-corrected chi connectivity index (χ4v) is 1.37. The van der Waals surface area contributed by atoms with E-state index in [0.29, 0.717) is 13.2 Å². The second-order valence-electron chi connectivity index (χ2n) is 3.55. The van der Waals surface area contributed by atoms with E-state index in [0.717, 1.165) is 19.4 Å². The molecule has 0 saturated carbocycles. The van der Waals surface area contributed by atoms with Gasteiger partial charge in [-0.15, -0.1) is 0 Å². The smallest absolute Gasteiger partial charge is 0.223 e. The molecule has 3 N–H and O–H groups in total. The van der Waals surface area contributed by atoms with Gasteiger partial charge in [0.25, 0.3) is 0 Å². The summed E-state index contributed by atoms with van der Waals surface area (Å²) in [6.45, 7) is 3.88. The fraction of sp³-hybridized carbons (Fsp3) is 0.889. The summed E-state index contributed by atoms with van der Waals surface area (Å²) in [6, 6.07) is 0.215. The summed E-state index contributed by atoms with van der Waals surface area (Å²) in [5, 5.41) is 2.94. The van der Waals surface area contributed by atoms with Crippen molar-refractivity contribution in [1.29, 1.82) is 0 Å². The quantitative estimate of drug-likeness (QED) is 0.643. The fourth-order valence-electron chi connectivity index (χ4n) is 1.37. The Morgan fingerprint density at radius 1 is 1.77 bits per heavy atom. The van der Waals surface area contributed by atoms with E-state index in [1.54, 1.807) is 0 Å². The van der Waals surface area contributed by atoms with Crippen molar-refractivity contribution in [1.82, 2.24) is 5.32 Å². The van der Waals surface area contributed by atoms with Crippen molar-refractivity contribution in [2.24, 2.45) is 11.7 Å². The molecule has 0 aliphatic carbocycles. The minimum absolute atomic E-state index is 0.0191. The Hall–Kier alpha value is -0.610. The van der Waals surface area contributed by atoms with Gasteiger partial charge < -0.3 is 15.8 Å².